The first-order valence-electron chi connectivity index (χ1n) is 12.9. The second-order valence-electron chi connectivity index (χ2n) is 10.8. The third-order valence-electron chi connectivity index (χ3n) is 6.47. The number of hydrogen-bond donors (Lipinski definition) is 2. The molecule has 1 unspecified atom stereocenters. The van der Waals surface area contributed by atoms with Gasteiger partial charge in [-0.05, 0) is 64.3 Å². The summed E-state index contributed by atoms with van der Waals surface area (Å²) in [5, 5.41) is 5.87. The third kappa shape index (κ3) is 6.86. The van der Waals surface area contributed by atoms with Crippen molar-refractivity contribution in [2.75, 3.05) is 18.4 Å². The second kappa shape index (κ2) is 11.6. The van der Waals surface area contributed by atoms with Gasteiger partial charge in [0.25, 0.3) is 0 Å². The summed E-state index contributed by atoms with van der Waals surface area (Å²) in [6.45, 7) is 6.04. The molecule has 1 aromatic carbocycles. The topological polar surface area (TPSA) is 126 Å². The Morgan fingerprint density at radius 3 is 2.38 bits per heavy atom. The molecule has 3 aromatic rings. The number of piperidine rings is 1. The van der Waals surface area contributed by atoms with E-state index in [1.54, 1.807) is 33.8 Å². The zero-order chi connectivity index (χ0) is 31.0. The van der Waals surface area contributed by atoms with Gasteiger partial charge in [-0.15, -0.1) is 0 Å². The van der Waals surface area contributed by atoms with E-state index in [1.165, 1.54) is 12.3 Å². The van der Waals surface area contributed by atoms with Crippen LogP contribution >= 0.6 is 0 Å². The summed E-state index contributed by atoms with van der Waals surface area (Å²) in [4.78, 5) is 24.4. The fourth-order valence-electron chi connectivity index (χ4n) is 4.52. The monoisotopic (exact) mass is 616 g/mol. The Kier molecular flexibility index (Phi) is 8.60. The van der Waals surface area contributed by atoms with Crippen LogP contribution < -0.4 is 10.6 Å². The van der Waals surface area contributed by atoms with Crippen molar-refractivity contribution in [1.82, 2.24) is 24.6 Å². The quantitative estimate of drug-likeness (QED) is 0.359. The maximum absolute atomic E-state index is 15.2. The van der Waals surface area contributed by atoms with E-state index >= 15 is 4.39 Å². The molecule has 0 spiro atoms. The zero-order valence-electron chi connectivity index (χ0n) is 23.1. The first-order chi connectivity index (χ1) is 19.5. The standard InChI is InChI=1S/C26H29F5N6O4S/c1-14(34-24(38)41-25(2,3)4)17-5-8-32-22-18(17)11-15(12-19(22)27)21-20(28)13-33-23(36-21)35-16-6-9-37(10-7-16)42(39,40)26(29,30)31/h5,8,11-14,16H,6-7,9-10H2,1-4H3,(H,34,38)(H,33,35,36). The summed E-state index contributed by atoms with van der Waals surface area (Å²) in [6.07, 6.45) is 1.61. The lowest BCUT2D eigenvalue weighted by molar-refractivity contribution is -0.0494. The van der Waals surface area contributed by atoms with Gasteiger partial charge in [0.15, 0.2) is 5.82 Å². The predicted octanol–water partition coefficient (Wildman–Crippen LogP) is 5.28. The number of carbonyl (C=O) groups is 1. The van der Waals surface area contributed by atoms with Crippen LogP contribution in [0.1, 0.15) is 52.1 Å². The van der Waals surface area contributed by atoms with Gasteiger partial charge in [-0.1, -0.05) is 0 Å². The highest BCUT2D eigenvalue weighted by Crippen LogP contribution is 2.32. The van der Waals surface area contributed by atoms with Crippen LogP contribution in [-0.4, -0.2) is 64.0 Å². The summed E-state index contributed by atoms with van der Waals surface area (Å²) in [7, 11) is -5.44. The number of pyridine rings is 1. The molecule has 0 saturated carbocycles. The minimum absolute atomic E-state index is 0.0116. The fraction of sp³-hybridized carbons (Fsp3) is 0.462. The molecule has 1 aliphatic rings. The summed E-state index contributed by atoms with van der Waals surface area (Å²) < 4.78 is 97.6. The highest BCUT2D eigenvalue weighted by molar-refractivity contribution is 7.90. The van der Waals surface area contributed by atoms with Gasteiger partial charge in [-0.2, -0.15) is 17.5 Å². The van der Waals surface area contributed by atoms with Gasteiger partial charge >= 0.3 is 21.6 Å². The largest absolute Gasteiger partial charge is 0.511 e. The SMILES string of the molecule is CC(NC(=O)OC(C)(C)C)c1ccnc2c(F)cc(-c3nc(NC4CCN(S(=O)(=O)C(F)(F)F)CC4)ncc3F)cc12. The van der Waals surface area contributed by atoms with Crippen molar-refractivity contribution < 1.29 is 39.9 Å². The van der Waals surface area contributed by atoms with E-state index in [0.29, 0.717) is 15.3 Å². The van der Waals surface area contributed by atoms with E-state index in [0.717, 1.165) is 12.3 Å². The maximum Gasteiger partial charge on any atom is 0.511 e. The van der Waals surface area contributed by atoms with Crippen molar-refractivity contribution in [3.63, 3.8) is 0 Å². The van der Waals surface area contributed by atoms with Crippen LogP contribution in [0.4, 0.5) is 32.7 Å². The molecule has 3 heterocycles. The molecule has 2 N–H and O–H groups in total. The van der Waals surface area contributed by atoms with Gasteiger partial charge in [-0.25, -0.2) is 32.0 Å². The molecule has 1 atom stereocenters. The number of ether oxygens (including phenoxy) is 1. The van der Waals surface area contributed by atoms with Crippen LogP contribution in [0.3, 0.4) is 0 Å². The number of aromatic nitrogens is 3. The van der Waals surface area contributed by atoms with Gasteiger partial charge in [0.1, 0.15) is 22.6 Å². The van der Waals surface area contributed by atoms with Gasteiger partial charge in [0.05, 0.1) is 12.2 Å². The fourth-order valence-corrected chi connectivity index (χ4v) is 5.50. The average Bonchev–Trinajstić information content (AvgIpc) is 2.88. The first-order valence-corrected chi connectivity index (χ1v) is 14.3. The van der Waals surface area contributed by atoms with Crippen molar-refractivity contribution in [3.8, 4) is 11.3 Å². The number of fused-ring (bicyclic) bond motifs is 1. The average molecular weight is 617 g/mol. The highest BCUT2D eigenvalue weighted by atomic mass is 32.2. The van der Waals surface area contributed by atoms with E-state index < -0.39 is 50.9 Å². The molecule has 2 aromatic heterocycles. The lowest BCUT2D eigenvalue weighted by atomic mass is 9.99. The summed E-state index contributed by atoms with van der Waals surface area (Å²) >= 11 is 0. The van der Waals surface area contributed by atoms with Crippen LogP contribution in [0.2, 0.25) is 0 Å². The van der Waals surface area contributed by atoms with Gasteiger partial charge in [0, 0.05) is 36.3 Å². The number of alkyl carbamates (subject to hydrolysis) is 1. The molecular weight excluding hydrogens is 587 g/mol. The number of benzene rings is 1. The number of anilines is 1. The van der Waals surface area contributed by atoms with Crippen molar-refractivity contribution in [2.24, 2.45) is 0 Å². The molecule has 1 fully saturated rings. The van der Waals surface area contributed by atoms with E-state index in [2.05, 4.69) is 25.6 Å². The van der Waals surface area contributed by atoms with Gasteiger partial charge in [0.2, 0.25) is 5.95 Å². The molecule has 42 heavy (non-hydrogen) atoms. The van der Waals surface area contributed by atoms with E-state index in [4.69, 9.17) is 4.74 Å². The number of rotatable bonds is 6. The zero-order valence-corrected chi connectivity index (χ0v) is 23.9. The number of nitrogens with one attached hydrogen (secondary N) is 2. The van der Waals surface area contributed by atoms with Crippen molar-refractivity contribution in [1.29, 1.82) is 0 Å². The number of alkyl halides is 3. The lowest BCUT2D eigenvalue weighted by Gasteiger charge is -2.31. The smallest absolute Gasteiger partial charge is 0.444 e. The molecule has 10 nitrogen and oxygen atoms in total. The Balaban J connectivity index is 1.58. The number of carbonyl (C=O) groups excluding carboxylic acids is 1. The van der Waals surface area contributed by atoms with E-state index in [9.17, 15) is 30.8 Å². The van der Waals surface area contributed by atoms with Crippen LogP contribution in [0.5, 0.6) is 0 Å². The van der Waals surface area contributed by atoms with Crippen molar-refractivity contribution >= 4 is 33.0 Å². The highest BCUT2D eigenvalue weighted by Gasteiger charge is 2.50. The molecule has 0 bridgehead atoms. The number of halogens is 5. The number of hydrogen-bond acceptors (Lipinski definition) is 8. The molecule has 0 aliphatic carbocycles. The summed E-state index contributed by atoms with van der Waals surface area (Å²) in [6, 6.07) is 2.98. The summed E-state index contributed by atoms with van der Waals surface area (Å²) in [5.74, 6) is -1.70. The number of amides is 1. The third-order valence-corrected chi connectivity index (χ3v) is 8.10. The van der Waals surface area contributed by atoms with Crippen LogP contribution in [0, 0.1) is 11.6 Å². The first kappa shape index (κ1) is 31.3. The molecule has 16 heteroatoms. The minimum Gasteiger partial charge on any atom is -0.444 e. The predicted molar refractivity (Wildman–Crippen MR) is 144 cm³/mol. The Labute approximate surface area is 238 Å². The van der Waals surface area contributed by atoms with Crippen LogP contribution in [0.15, 0.2) is 30.6 Å². The molecular formula is C26H29F5N6O4S. The minimum atomic E-state index is -5.44. The maximum atomic E-state index is 15.2. The normalized spacial score (nSPS) is 16.3. The number of nitrogens with zero attached hydrogens (tertiary/aromatic N) is 4. The molecule has 1 amide bonds. The Hall–Kier alpha value is -3.66. The molecule has 4 rings (SSSR count). The number of sulfonamides is 1. The van der Waals surface area contributed by atoms with Gasteiger partial charge < -0.3 is 15.4 Å². The second-order valence-corrected chi connectivity index (χ2v) is 12.7. The van der Waals surface area contributed by atoms with E-state index in [-0.39, 0.29) is 48.7 Å². The molecule has 0 radical (unpaired) electrons. The Morgan fingerprint density at radius 1 is 1.10 bits per heavy atom. The Bertz CT molecular complexity index is 1590. The summed E-state index contributed by atoms with van der Waals surface area (Å²) in [5.41, 5.74) is -5.86. The van der Waals surface area contributed by atoms with Crippen LogP contribution in [0.25, 0.3) is 22.2 Å². The Morgan fingerprint density at radius 2 is 1.76 bits per heavy atom. The van der Waals surface area contributed by atoms with Crippen molar-refractivity contribution in [2.45, 2.75) is 63.7 Å². The molecule has 1 saturated heterocycles. The molecule has 1 aliphatic heterocycles. The van der Waals surface area contributed by atoms with Crippen LogP contribution in [-0.2, 0) is 14.8 Å². The van der Waals surface area contributed by atoms with Crippen molar-refractivity contribution in [3.05, 3.63) is 47.8 Å². The van der Waals surface area contributed by atoms with Gasteiger partial charge in [-0.3, -0.25) is 4.98 Å². The lowest BCUT2D eigenvalue weighted by Crippen LogP contribution is -2.47. The molecule has 228 valence electrons. The van der Waals surface area contributed by atoms with E-state index in [1.807, 2.05) is 0 Å².